The first kappa shape index (κ1) is 25.0. The third-order valence-electron chi connectivity index (χ3n) is 4.15. The molecule has 4 N–H and O–H groups in total. The van der Waals surface area contributed by atoms with Crippen molar-refractivity contribution in [3.05, 3.63) is 36.0 Å². The maximum Gasteiger partial charge on any atom is 0.321 e. The predicted octanol–water partition coefficient (Wildman–Crippen LogP) is 0.692. The number of sulfone groups is 1. The number of aliphatic hydroxyl groups excluding tert-OH is 1. The van der Waals surface area contributed by atoms with Crippen LogP contribution in [0.4, 0.5) is 16.3 Å². The normalized spacial score (nSPS) is 11.0. The molecule has 3 amide bonds. The summed E-state index contributed by atoms with van der Waals surface area (Å²) in [7, 11) is -0.263. The Morgan fingerprint density at radius 1 is 1.09 bits per heavy atom. The lowest BCUT2D eigenvalue weighted by molar-refractivity contribution is -0.118. The average Bonchev–Trinajstić information content (AvgIpc) is 2.71. The molecule has 1 aromatic heterocycles. The van der Waals surface area contributed by atoms with Gasteiger partial charge in [-0.1, -0.05) is 0 Å². The lowest BCUT2D eigenvalue weighted by Crippen LogP contribution is -2.27. The molecule has 0 radical (unpaired) electrons. The maximum atomic E-state index is 12.4. The van der Waals surface area contributed by atoms with E-state index in [9.17, 15) is 18.0 Å². The van der Waals surface area contributed by atoms with Crippen molar-refractivity contribution in [2.75, 3.05) is 50.2 Å². The summed E-state index contributed by atoms with van der Waals surface area (Å²) in [6, 6.07) is 8.06. The number of nitrogens with one attached hydrogen (secondary N) is 3. The Labute approximate surface area is 187 Å². The molecule has 0 aliphatic rings. The van der Waals surface area contributed by atoms with Crippen LogP contribution in [0.3, 0.4) is 0 Å². The van der Waals surface area contributed by atoms with E-state index in [1.165, 1.54) is 17.9 Å². The molecule has 2 rings (SSSR count). The van der Waals surface area contributed by atoms with Crippen LogP contribution in [0.15, 0.2) is 30.3 Å². The second-order valence-electron chi connectivity index (χ2n) is 7.20. The Bertz CT molecular complexity index is 1040. The van der Waals surface area contributed by atoms with Crippen LogP contribution in [0.25, 0.3) is 11.4 Å². The highest BCUT2D eigenvalue weighted by molar-refractivity contribution is 7.90. The fourth-order valence-corrected chi connectivity index (χ4v) is 3.75. The molecule has 0 spiro atoms. The lowest BCUT2D eigenvalue weighted by atomic mass is 10.2. The zero-order chi connectivity index (χ0) is 23.7. The third-order valence-corrected chi connectivity index (χ3v) is 5.71. The van der Waals surface area contributed by atoms with Crippen LogP contribution < -0.4 is 16.0 Å². The molecule has 0 aliphatic carbocycles. The summed E-state index contributed by atoms with van der Waals surface area (Å²) in [5, 5.41) is 17.2. The molecular weight excluding hydrogens is 436 g/mol. The number of nitrogens with zero attached hydrogens (tertiary/aromatic N) is 3. The number of benzene rings is 1. The van der Waals surface area contributed by atoms with Crippen molar-refractivity contribution < 1.29 is 23.1 Å². The highest BCUT2D eigenvalue weighted by Crippen LogP contribution is 2.21. The Morgan fingerprint density at radius 3 is 2.38 bits per heavy atom. The van der Waals surface area contributed by atoms with Crippen molar-refractivity contribution in [1.82, 2.24) is 20.2 Å². The van der Waals surface area contributed by atoms with E-state index >= 15 is 0 Å². The minimum atomic E-state index is -3.53. The van der Waals surface area contributed by atoms with Crippen molar-refractivity contribution in [2.45, 2.75) is 12.7 Å². The van der Waals surface area contributed by atoms with Crippen LogP contribution in [0.1, 0.15) is 12.6 Å². The van der Waals surface area contributed by atoms with Gasteiger partial charge in [0.05, 0.1) is 23.8 Å². The Balaban J connectivity index is 2.26. The van der Waals surface area contributed by atoms with Crippen LogP contribution in [-0.2, 0) is 20.4 Å². The van der Waals surface area contributed by atoms with Crippen LogP contribution in [-0.4, -0.2) is 79.9 Å². The molecule has 174 valence electrons. The molecule has 0 saturated heterocycles. The standard InChI is InChI=1S/C20H28N6O5S/c1-14(28)21-9-11-32(30,31)13-17-12-18(22-8-10-27)25-19(23-17)15-4-6-16(7-5-15)24-20(29)26(2)3/h4-7,12,27H,8-11,13H2,1-3H3,(H,21,28)(H,24,29)(H,22,23,25). The molecule has 0 unspecified atom stereocenters. The first-order valence-electron chi connectivity index (χ1n) is 9.86. The molecule has 12 heteroatoms. The number of urea groups is 1. The SMILES string of the molecule is CC(=O)NCCS(=O)(=O)Cc1cc(NCCO)nc(-c2ccc(NC(=O)N(C)C)cc2)n1. The highest BCUT2D eigenvalue weighted by Gasteiger charge is 2.16. The number of anilines is 2. The van der Waals surface area contributed by atoms with Gasteiger partial charge in [-0.15, -0.1) is 0 Å². The molecule has 1 aromatic carbocycles. The van der Waals surface area contributed by atoms with Gasteiger partial charge in [0, 0.05) is 51.4 Å². The van der Waals surface area contributed by atoms with Gasteiger partial charge in [-0.2, -0.15) is 0 Å². The number of carbonyl (C=O) groups is 2. The monoisotopic (exact) mass is 464 g/mol. The van der Waals surface area contributed by atoms with E-state index in [1.807, 2.05) is 0 Å². The summed E-state index contributed by atoms with van der Waals surface area (Å²) >= 11 is 0. The molecule has 11 nitrogen and oxygen atoms in total. The topological polar surface area (TPSA) is 154 Å². The van der Waals surface area contributed by atoms with Crippen LogP contribution in [0.5, 0.6) is 0 Å². The third kappa shape index (κ3) is 8.12. The van der Waals surface area contributed by atoms with Gasteiger partial charge in [0.2, 0.25) is 5.91 Å². The Kier molecular flexibility index (Phi) is 8.91. The molecule has 0 bridgehead atoms. The minimum absolute atomic E-state index is 0.0192. The van der Waals surface area contributed by atoms with Gasteiger partial charge in [-0.3, -0.25) is 4.79 Å². The molecule has 2 aromatic rings. The summed E-state index contributed by atoms with van der Waals surface area (Å²) in [4.78, 5) is 32.9. The molecule has 0 saturated carbocycles. The van der Waals surface area contributed by atoms with Gasteiger partial charge < -0.3 is 26.0 Å². The van der Waals surface area contributed by atoms with Crippen molar-refractivity contribution in [2.24, 2.45) is 0 Å². The van der Waals surface area contributed by atoms with E-state index < -0.39 is 9.84 Å². The number of rotatable bonds is 10. The van der Waals surface area contributed by atoms with Crippen molar-refractivity contribution in [1.29, 1.82) is 0 Å². The van der Waals surface area contributed by atoms with Gasteiger partial charge in [0.1, 0.15) is 5.82 Å². The summed E-state index contributed by atoms with van der Waals surface area (Å²) in [6.07, 6.45) is 0. The maximum absolute atomic E-state index is 12.4. The van der Waals surface area contributed by atoms with E-state index in [-0.39, 0.29) is 48.8 Å². The molecule has 1 heterocycles. The second-order valence-corrected chi connectivity index (χ2v) is 9.38. The number of hydrogen-bond acceptors (Lipinski definition) is 8. The lowest BCUT2D eigenvalue weighted by Gasteiger charge is -2.13. The summed E-state index contributed by atoms with van der Waals surface area (Å²) < 4.78 is 24.9. The number of hydrogen-bond donors (Lipinski definition) is 4. The van der Waals surface area contributed by atoms with Gasteiger partial charge in [0.15, 0.2) is 15.7 Å². The fraction of sp³-hybridized carbons (Fsp3) is 0.400. The molecule has 0 atom stereocenters. The quantitative estimate of drug-likeness (QED) is 0.401. The van der Waals surface area contributed by atoms with Crippen molar-refractivity contribution in [3.63, 3.8) is 0 Å². The summed E-state index contributed by atoms with van der Waals surface area (Å²) in [6.45, 7) is 1.45. The predicted molar refractivity (Wildman–Crippen MR) is 122 cm³/mol. The van der Waals surface area contributed by atoms with Crippen LogP contribution in [0.2, 0.25) is 0 Å². The molecular formula is C20H28N6O5S. The van der Waals surface area contributed by atoms with E-state index in [2.05, 4.69) is 25.9 Å². The van der Waals surface area contributed by atoms with Gasteiger partial charge in [-0.25, -0.2) is 23.2 Å². The van der Waals surface area contributed by atoms with E-state index in [0.29, 0.717) is 22.9 Å². The smallest absolute Gasteiger partial charge is 0.321 e. The number of aliphatic hydroxyl groups is 1. The van der Waals surface area contributed by atoms with E-state index in [1.54, 1.807) is 38.4 Å². The van der Waals surface area contributed by atoms with Gasteiger partial charge in [0.25, 0.3) is 0 Å². The zero-order valence-corrected chi connectivity index (χ0v) is 19.1. The minimum Gasteiger partial charge on any atom is -0.395 e. The summed E-state index contributed by atoms with van der Waals surface area (Å²) in [5.74, 6) is -0.171. The number of aromatic nitrogens is 2. The first-order chi connectivity index (χ1) is 15.1. The number of amides is 3. The summed E-state index contributed by atoms with van der Waals surface area (Å²) in [5.41, 5.74) is 1.49. The molecule has 32 heavy (non-hydrogen) atoms. The van der Waals surface area contributed by atoms with Crippen molar-refractivity contribution >= 4 is 33.3 Å². The average molecular weight is 465 g/mol. The Morgan fingerprint density at radius 2 is 1.78 bits per heavy atom. The van der Waals surface area contributed by atoms with Crippen LogP contribution >= 0.6 is 0 Å². The number of carbonyl (C=O) groups excluding carboxylic acids is 2. The van der Waals surface area contributed by atoms with Gasteiger partial charge >= 0.3 is 6.03 Å². The second kappa shape index (κ2) is 11.4. The van der Waals surface area contributed by atoms with Crippen molar-refractivity contribution in [3.8, 4) is 11.4 Å². The van der Waals surface area contributed by atoms with E-state index in [4.69, 9.17) is 5.11 Å². The zero-order valence-electron chi connectivity index (χ0n) is 18.3. The van der Waals surface area contributed by atoms with Gasteiger partial charge in [-0.05, 0) is 24.3 Å². The molecule has 0 fully saturated rings. The first-order valence-corrected chi connectivity index (χ1v) is 11.7. The van der Waals surface area contributed by atoms with Crippen LogP contribution in [0, 0.1) is 0 Å². The van der Waals surface area contributed by atoms with E-state index in [0.717, 1.165) is 0 Å². The largest absolute Gasteiger partial charge is 0.395 e. The Hall–Kier alpha value is -3.25. The molecule has 0 aliphatic heterocycles. The fourth-order valence-electron chi connectivity index (χ4n) is 2.59. The highest BCUT2D eigenvalue weighted by atomic mass is 32.2.